The summed E-state index contributed by atoms with van der Waals surface area (Å²) in [6.45, 7) is 0. The van der Waals surface area contributed by atoms with E-state index in [2.05, 4.69) is 5.10 Å². The second-order valence-electron chi connectivity index (χ2n) is 3.97. The molecule has 0 bridgehead atoms. The van der Waals surface area contributed by atoms with Crippen molar-refractivity contribution in [2.45, 2.75) is 12.8 Å². The van der Waals surface area contributed by atoms with Crippen molar-refractivity contribution in [3.63, 3.8) is 0 Å². The minimum Gasteiger partial charge on any atom is -0.497 e. The van der Waals surface area contributed by atoms with Gasteiger partial charge in [0.2, 0.25) is 0 Å². The maximum Gasteiger partial charge on any atom is 0.303 e. The molecule has 0 radical (unpaired) electrons. The Morgan fingerprint density at radius 3 is 3.00 bits per heavy atom. The summed E-state index contributed by atoms with van der Waals surface area (Å²) in [5.41, 5.74) is 1.48. The molecule has 0 aliphatic carbocycles. The quantitative estimate of drug-likeness (QED) is 0.914. The lowest BCUT2D eigenvalue weighted by molar-refractivity contribution is -0.136. The first-order valence-electron chi connectivity index (χ1n) is 5.70. The van der Waals surface area contributed by atoms with E-state index in [1.165, 1.54) is 0 Å². The number of ether oxygens (including phenoxy) is 1. The molecule has 0 saturated heterocycles. The molecule has 19 heavy (non-hydrogen) atoms. The van der Waals surface area contributed by atoms with Crippen molar-refractivity contribution < 1.29 is 14.6 Å². The molecule has 1 aromatic carbocycles. The monoisotopic (exact) mass is 280 g/mol. The largest absolute Gasteiger partial charge is 0.497 e. The van der Waals surface area contributed by atoms with Crippen LogP contribution in [0.4, 0.5) is 0 Å². The van der Waals surface area contributed by atoms with Crippen LogP contribution in [0, 0.1) is 0 Å². The number of hydrogen-bond acceptors (Lipinski definition) is 3. The smallest absolute Gasteiger partial charge is 0.303 e. The molecule has 0 unspecified atom stereocenters. The van der Waals surface area contributed by atoms with Gasteiger partial charge in [0.05, 0.1) is 19.0 Å². The number of carboxylic acids is 1. The van der Waals surface area contributed by atoms with Crippen molar-refractivity contribution in [3.8, 4) is 11.4 Å². The van der Waals surface area contributed by atoms with Gasteiger partial charge in [-0.05, 0) is 18.6 Å². The van der Waals surface area contributed by atoms with Gasteiger partial charge in [-0.25, -0.2) is 4.68 Å². The molecule has 1 heterocycles. The topological polar surface area (TPSA) is 64.4 Å². The van der Waals surface area contributed by atoms with Gasteiger partial charge in [0, 0.05) is 18.1 Å². The van der Waals surface area contributed by atoms with Gasteiger partial charge in [0.25, 0.3) is 0 Å². The summed E-state index contributed by atoms with van der Waals surface area (Å²) < 4.78 is 6.70. The molecule has 0 spiro atoms. The average Bonchev–Trinajstić information content (AvgIpc) is 2.78. The van der Waals surface area contributed by atoms with E-state index in [0.717, 1.165) is 5.69 Å². The van der Waals surface area contributed by atoms with Crippen LogP contribution in [-0.4, -0.2) is 28.0 Å². The molecule has 2 rings (SSSR count). The second-order valence-corrected chi connectivity index (χ2v) is 4.33. The molecule has 0 saturated carbocycles. The SMILES string of the molecule is COc1cccc(-n2ncc(CCC(=O)O)c2Cl)c1. The van der Waals surface area contributed by atoms with Crippen LogP contribution in [0.2, 0.25) is 5.15 Å². The number of carboxylic acid groups (broad SMARTS) is 1. The molecule has 0 aliphatic rings. The fourth-order valence-corrected chi connectivity index (χ4v) is 1.98. The van der Waals surface area contributed by atoms with Gasteiger partial charge in [0.1, 0.15) is 10.9 Å². The van der Waals surface area contributed by atoms with E-state index < -0.39 is 5.97 Å². The average molecular weight is 281 g/mol. The van der Waals surface area contributed by atoms with Gasteiger partial charge >= 0.3 is 5.97 Å². The van der Waals surface area contributed by atoms with Crippen molar-refractivity contribution in [2.24, 2.45) is 0 Å². The second kappa shape index (κ2) is 5.75. The van der Waals surface area contributed by atoms with Crippen LogP contribution < -0.4 is 4.74 Å². The van der Waals surface area contributed by atoms with E-state index in [9.17, 15) is 4.79 Å². The van der Waals surface area contributed by atoms with Crippen molar-refractivity contribution in [3.05, 3.63) is 41.2 Å². The molecule has 2 aromatic rings. The Balaban J connectivity index is 2.27. The predicted octanol–water partition coefficient (Wildman–Crippen LogP) is 2.55. The minimum absolute atomic E-state index is 0.0313. The Morgan fingerprint density at radius 2 is 2.32 bits per heavy atom. The number of nitrogens with zero attached hydrogens (tertiary/aromatic N) is 2. The number of aliphatic carboxylic acids is 1. The summed E-state index contributed by atoms with van der Waals surface area (Å²) >= 11 is 6.20. The van der Waals surface area contributed by atoms with Crippen LogP contribution in [0.15, 0.2) is 30.5 Å². The van der Waals surface area contributed by atoms with Gasteiger partial charge in [-0.15, -0.1) is 0 Å². The fraction of sp³-hybridized carbons (Fsp3) is 0.231. The van der Waals surface area contributed by atoms with Crippen molar-refractivity contribution in [1.29, 1.82) is 0 Å². The van der Waals surface area contributed by atoms with Gasteiger partial charge in [0.15, 0.2) is 0 Å². The first-order chi connectivity index (χ1) is 9.11. The summed E-state index contributed by atoms with van der Waals surface area (Å²) in [4.78, 5) is 10.6. The maximum absolute atomic E-state index is 10.6. The zero-order chi connectivity index (χ0) is 13.8. The minimum atomic E-state index is -0.856. The number of halogens is 1. The molecule has 0 atom stereocenters. The summed E-state index contributed by atoms with van der Waals surface area (Å²) in [5, 5.41) is 13.3. The van der Waals surface area contributed by atoms with E-state index in [-0.39, 0.29) is 6.42 Å². The first kappa shape index (κ1) is 13.4. The van der Waals surface area contributed by atoms with Gasteiger partial charge in [-0.3, -0.25) is 4.79 Å². The lowest BCUT2D eigenvalue weighted by Crippen LogP contribution is -1.99. The lowest BCUT2D eigenvalue weighted by atomic mass is 10.2. The molecule has 1 aromatic heterocycles. The standard InChI is InChI=1S/C13H13ClN2O3/c1-19-11-4-2-3-10(7-11)16-13(14)9(8-15-16)5-6-12(17)18/h2-4,7-8H,5-6H2,1H3,(H,17,18). The lowest BCUT2D eigenvalue weighted by Gasteiger charge is -2.06. The molecular weight excluding hydrogens is 268 g/mol. The highest BCUT2D eigenvalue weighted by molar-refractivity contribution is 6.30. The summed E-state index contributed by atoms with van der Waals surface area (Å²) in [6, 6.07) is 7.32. The van der Waals surface area contributed by atoms with Gasteiger partial charge in [-0.1, -0.05) is 17.7 Å². The summed E-state index contributed by atoms with van der Waals surface area (Å²) in [5.74, 6) is -0.152. The number of rotatable bonds is 5. The Hall–Kier alpha value is -2.01. The third kappa shape index (κ3) is 3.06. The molecular formula is C13H13ClN2O3. The van der Waals surface area contributed by atoms with E-state index in [0.29, 0.717) is 22.9 Å². The Labute approximate surface area is 115 Å². The van der Waals surface area contributed by atoms with Crippen LogP contribution >= 0.6 is 11.6 Å². The molecule has 1 N–H and O–H groups in total. The molecule has 0 aliphatic heterocycles. The molecule has 100 valence electrons. The Bertz CT molecular complexity index is 595. The van der Waals surface area contributed by atoms with Crippen LogP contribution in [-0.2, 0) is 11.2 Å². The normalized spacial score (nSPS) is 10.4. The number of carbonyl (C=O) groups is 1. The van der Waals surface area contributed by atoms with Crippen LogP contribution in [0.5, 0.6) is 5.75 Å². The molecule has 5 nitrogen and oxygen atoms in total. The number of methoxy groups -OCH3 is 1. The fourth-order valence-electron chi connectivity index (χ4n) is 1.70. The van der Waals surface area contributed by atoms with E-state index >= 15 is 0 Å². The van der Waals surface area contributed by atoms with Crippen LogP contribution in [0.25, 0.3) is 5.69 Å². The van der Waals surface area contributed by atoms with Crippen molar-refractivity contribution >= 4 is 17.6 Å². The van der Waals surface area contributed by atoms with Gasteiger partial charge < -0.3 is 9.84 Å². The molecule has 0 amide bonds. The van der Waals surface area contributed by atoms with Crippen LogP contribution in [0.3, 0.4) is 0 Å². The number of benzene rings is 1. The highest BCUT2D eigenvalue weighted by atomic mass is 35.5. The number of aromatic nitrogens is 2. The van der Waals surface area contributed by atoms with Gasteiger partial charge in [-0.2, -0.15) is 5.10 Å². The highest BCUT2D eigenvalue weighted by Gasteiger charge is 2.11. The Morgan fingerprint density at radius 1 is 1.53 bits per heavy atom. The van der Waals surface area contributed by atoms with E-state index in [1.54, 1.807) is 24.1 Å². The van der Waals surface area contributed by atoms with Crippen molar-refractivity contribution in [2.75, 3.05) is 7.11 Å². The maximum atomic E-state index is 10.6. The van der Waals surface area contributed by atoms with E-state index in [1.807, 2.05) is 18.2 Å². The number of aryl methyl sites for hydroxylation is 1. The Kier molecular flexibility index (Phi) is 4.06. The zero-order valence-electron chi connectivity index (χ0n) is 10.3. The highest BCUT2D eigenvalue weighted by Crippen LogP contribution is 2.23. The number of hydrogen-bond donors (Lipinski definition) is 1. The summed E-state index contributed by atoms with van der Waals surface area (Å²) in [7, 11) is 1.59. The zero-order valence-corrected chi connectivity index (χ0v) is 11.1. The molecule has 0 fully saturated rings. The van der Waals surface area contributed by atoms with Crippen LogP contribution in [0.1, 0.15) is 12.0 Å². The molecule has 6 heteroatoms. The summed E-state index contributed by atoms with van der Waals surface area (Å²) in [6.07, 6.45) is 1.98. The first-order valence-corrected chi connectivity index (χ1v) is 6.08. The van der Waals surface area contributed by atoms with Crippen molar-refractivity contribution in [1.82, 2.24) is 9.78 Å². The van der Waals surface area contributed by atoms with E-state index in [4.69, 9.17) is 21.4 Å². The third-order valence-electron chi connectivity index (χ3n) is 2.69. The third-order valence-corrected chi connectivity index (χ3v) is 3.09. The predicted molar refractivity (Wildman–Crippen MR) is 71.1 cm³/mol.